The standard InChI is InChI=1S/C26H25Cl2N3O3S/c27-18-12-14-24(22(28)16-18)34-35-31-25(32)17-11-13-23(29-19-7-3-1-4-8-19)21(15-17)26(33)30-20-9-5-2-6-10-20/h2,5-6,9-16,19,29H,1,3-4,7-8H2,(H,30,33)(H,31,32). The maximum absolute atomic E-state index is 13.2. The maximum atomic E-state index is 13.2. The van der Waals surface area contributed by atoms with Gasteiger partial charge < -0.3 is 14.8 Å². The Hall–Kier alpha value is -2.87. The minimum absolute atomic E-state index is 0.291. The molecule has 0 heterocycles. The van der Waals surface area contributed by atoms with Gasteiger partial charge in [-0.05, 0) is 61.4 Å². The summed E-state index contributed by atoms with van der Waals surface area (Å²) in [5.41, 5.74) is 2.12. The van der Waals surface area contributed by atoms with Crippen LogP contribution < -0.4 is 19.5 Å². The first-order valence-electron chi connectivity index (χ1n) is 11.4. The lowest BCUT2D eigenvalue weighted by molar-refractivity contribution is 0.0983. The largest absolute Gasteiger partial charge is 0.404 e. The molecule has 0 unspecified atom stereocenters. The molecule has 0 radical (unpaired) electrons. The van der Waals surface area contributed by atoms with Crippen molar-refractivity contribution in [2.45, 2.75) is 38.1 Å². The predicted molar refractivity (Wildman–Crippen MR) is 143 cm³/mol. The fourth-order valence-electron chi connectivity index (χ4n) is 3.89. The highest BCUT2D eigenvalue weighted by Gasteiger charge is 2.20. The van der Waals surface area contributed by atoms with E-state index in [0.29, 0.717) is 44.3 Å². The third-order valence-electron chi connectivity index (χ3n) is 5.68. The maximum Gasteiger partial charge on any atom is 0.263 e. The summed E-state index contributed by atoms with van der Waals surface area (Å²) in [6.45, 7) is 0. The molecule has 4 rings (SSSR count). The highest BCUT2D eigenvalue weighted by Crippen LogP contribution is 2.30. The van der Waals surface area contributed by atoms with Gasteiger partial charge in [0, 0.05) is 28.0 Å². The van der Waals surface area contributed by atoms with Gasteiger partial charge in [0.05, 0.1) is 10.6 Å². The van der Waals surface area contributed by atoms with Crippen LogP contribution in [0.2, 0.25) is 10.0 Å². The minimum Gasteiger partial charge on any atom is -0.404 e. The molecule has 35 heavy (non-hydrogen) atoms. The van der Waals surface area contributed by atoms with Gasteiger partial charge in [-0.25, -0.2) is 0 Å². The van der Waals surface area contributed by atoms with Crippen LogP contribution in [0.3, 0.4) is 0 Å². The van der Waals surface area contributed by atoms with E-state index in [-0.39, 0.29) is 5.91 Å². The monoisotopic (exact) mass is 529 g/mol. The SMILES string of the molecule is O=C(NSOc1ccc(Cl)cc1Cl)c1ccc(NC2CCCCC2)c(C(=O)Nc2ccccc2)c1. The minimum atomic E-state index is -0.405. The van der Waals surface area contributed by atoms with E-state index in [4.69, 9.17) is 27.4 Å². The molecule has 0 saturated heterocycles. The highest BCUT2D eigenvalue weighted by atomic mass is 35.5. The molecule has 9 heteroatoms. The smallest absolute Gasteiger partial charge is 0.263 e. The van der Waals surface area contributed by atoms with Crippen LogP contribution in [0.25, 0.3) is 0 Å². The Balaban J connectivity index is 1.48. The van der Waals surface area contributed by atoms with Crippen LogP contribution in [0.4, 0.5) is 11.4 Å². The molecule has 1 aliphatic rings. The van der Waals surface area contributed by atoms with Crippen LogP contribution in [0.1, 0.15) is 52.8 Å². The number of benzene rings is 3. The zero-order valence-corrected chi connectivity index (χ0v) is 21.2. The Morgan fingerprint density at radius 2 is 1.66 bits per heavy atom. The number of nitrogens with one attached hydrogen (secondary N) is 3. The molecule has 0 atom stereocenters. The van der Waals surface area contributed by atoms with Crippen molar-refractivity contribution in [2.24, 2.45) is 0 Å². The van der Waals surface area contributed by atoms with Crippen molar-refractivity contribution >= 4 is 58.6 Å². The molecule has 6 nitrogen and oxygen atoms in total. The summed E-state index contributed by atoms with van der Waals surface area (Å²) in [7, 11) is 0. The van der Waals surface area contributed by atoms with E-state index in [2.05, 4.69) is 15.4 Å². The van der Waals surface area contributed by atoms with Crippen LogP contribution >= 0.6 is 35.4 Å². The average Bonchev–Trinajstić information content (AvgIpc) is 2.86. The van der Waals surface area contributed by atoms with Crippen molar-refractivity contribution in [3.63, 3.8) is 0 Å². The van der Waals surface area contributed by atoms with Gasteiger partial charge >= 0.3 is 0 Å². The second kappa shape index (κ2) is 12.2. The van der Waals surface area contributed by atoms with Gasteiger partial charge in [-0.3, -0.25) is 14.3 Å². The summed E-state index contributed by atoms with van der Waals surface area (Å²) in [5, 5.41) is 7.24. The molecule has 0 bridgehead atoms. The molecule has 182 valence electrons. The summed E-state index contributed by atoms with van der Waals surface area (Å²) in [5.74, 6) is -0.324. The molecule has 3 aromatic rings. The molecule has 1 fully saturated rings. The third kappa shape index (κ3) is 7.07. The zero-order valence-electron chi connectivity index (χ0n) is 18.9. The van der Waals surface area contributed by atoms with E-state index >= 15 is 0 Å². The van der Waals surface area contributed by atoms with Crippen molar-refractivity contribution in [2.75, 3.05) is 10.6 Å². The van der Waals surface area contributed by atoms with E-state index in [1.165, 1.54) is 19.3 Å². The predicted octanol–water partition coefficient (Wildman–Crippen LogP) is 7.36. The van der Waals surface area contributed by atoms with Gasteiger partial charge in [0.2, 0.25) is 0 Å². The molecular formula is C26H25Cl2N3O3S. The first-order valence-corrected chi connectivity index (χ1v) is 12.9. The van der Waals surface area contributed by atoms with Crippen molar-refractivity contribution in [3.05, 3.63) is 87.9 Å². The molecule has 0 spiro atoms. The quantitative estimate of drug-likeness (QED) is 0.209. The second-order valence-electron chi connectivity index (χ2n) is 8.23. The van der Waals surface area contributed by atoms with E-state index in [1.54, 1.807) is 36.4 Å². The van der Waals surface area contributed by atoms with E-state index in [9.17, 15) is 9.59 Å². The number of anilines is 2. The Bertz CT molecular complexity index is 1190. The van der Waals surface area contributed by atoms with Crippen LogP contribution in [0.5, 0.6) is 5.75 Å². The third-order valence-corrected chi connectivity index (χ3v) is 6.74. The van der Waals surface area contributed by atoms with Crippen LogP contribution in [-0.2, 0) is 0 Å². The van der Waals surface area contributed by atoms with Gasteiger partial charge in [0.1, 0.15) is 0 Å². The molecule has 2 amide bonds. The lowest BCUT2D eigenvalue weighted by Crippen LogP contribution is -2.25. The molecular weight excluding hydrogens is 505 g/mol. The molecule has 1 aliphatic carbocycles. The Kier molecular flexibility index (Phi) is 8.79. The van der Waals surface area contributed by atoms with E-state index < -0.39 is 5.91 Å². The average molecular weight is 530 g/mol. The lowest BCUT2D eigenvalue weighted by atomic mass is 9.95. The van der Waals surface area contributed by atoms with Crippen LogP contribution in [-0.4, -0.2) is 17.9 Å². The number of carbonyl (C=O) groups is 2. The van der Waals surface area contributed by atoms with Gasteiger partial charge in [-0.2, -0.15) is 0 Å². The fraction of sp³-hybridized carbons (Fsp3) is 0.231. The zero-order chi connectivity index (χ0) is 24.6. The Labute approximate surface area is 219 Å². The Morgan fingerprint density at radius 3 is 2.40 bits per heavy atom. The number of para-hydroxylation sites is 1. The van der Waals surface area contributed by atoms with Gasteiger partial charge in [-0.15, -0.1) is 0 Å². The van der Waals surface area contributed by atoms with Gasteiger partial charge in [0.25, 0.3) is 11.8 Å². The summed E-state index contributed by atoms with van der Waals surface area (Å²) >= 11 is 12.7. The number of hydrogen-bond donors (Lipinski definition) is 3. The normalized spacial score (nSPS) is 13.7. The fourth-order valence-corrected chi connectivity index (χ4v) is 4.85. The lowest BCUT2D eigenvalue weighted by Gasteiger charge is -2.25. The Morgan fingerprint density at radius 1 is 0.886 bits per heavy atom. The van der Waals surface area contributed by atoms with Gasteiger partial charge in [-0.1, -0.05) is 60.7 Å². The van der Waals surface area contributed by atoms with E-state index in [0.717, 1.165) is 25.1 Å². The molecule has 3 N–H and O–H groups in total. The number of amides is 2. The summed E-state index contributed by atoms with van der Waals surface area (Å²) in [6, 6.07) is 19.4. The van der Waals surface area contributed by atoms with Gasteiger partial charge in [0.15, 0.2) is 18.0 Å². The summed E-state index contributed by atoms with van der Waals surface area (Å²) in [6.07, 6.45) is 5.68. The second-order valence-corrected chi connectivity index (χ2v) is 9.61. The first kappa shape index (κ1) is 25.2. The van der Waals surface area contributed by atoms with Crippen molar-refractivity contribution < 1.29 is 13.8 Å². The van der Waals surface area contributed by atoms with Crippen molar-refractivity contribution in [1.29, 1.82) is 0 Å². The number of rotatable bonds is 8. The summed E-state index contributed by atoms with van der Waals surface area (Å²) in [4.78, 5) is 26.0. The summed E-state index contributed by atoms with van der Waals surface area (Å²) < 4.78 is 8.09. The molecule has 0 aliphatic heterocycles. The molecule has 3 aromatic carbocycles. The number of carbonyl (C=O) groups excluding carboxylic acids is 2. The van der Waals surface area contributed by atoms with Crippen LogP contribution in [0, 0.1) is 0 Å². The number of hydrogen-bond acceptors (Lipinski definition) is 5. The first-order chi connectivity index (χ1) is 17.0. The topological polar surface area (TPSA) is 79.5 Å². The van der Waals surface area contributed by atoms with E-state index in [1.807, 2.05) is 30.3 Å². The molecule has 0 aromatic heterocycles. The highest BCUT2D eigenvalue weighted by molar-refractivity contribution is 7.93. The molecule has 1 saturated carbocycles. The van der Waals surface area contributed by atoms with Crippen LogP contribution in [0.15, 0.2) is 66.7 Å². The number of halogens is 2. The van der Waals surface area contributed by atoms with Crippen molar-refractivity contribution in [1.82, 2.24) is 4.72 Å². The van der Waals surface area contributed by atoms with Crippen molar-refractivity contribution in [3.8, 4) is 5.75 Å².